The highest BCUT2D eigenvalue weighted by atomic mass is 35.5. The Hall–Kier alpha value is -1.39. The fourth-order valence-corrected chi connectivity index (χ4v) is 3.71. The van der Waals surface area contributed by atoms with E-state index in [9.17, 15) is 0 Å². The van der Waals surface area contributed by atoms with Gasteiger partial charge in [-0.05, 0) is 32.4 Å². The molecular weight excluding hydrogens is 302 g/mol. The van der Waals surface area contributed by atoms with Crippen molar-refractivity contribution in [1.29, 1.82) is 0 Å². The lowest BCUT2D eigenvalue weighted by molar-refractivity contribution is 0.619. The molecule has 0 aliphatic rings. The first-order chi connectivity index (χ1) is 10.1. The van der Waals surface area contributed by atoms with Gasteiger partial charge in [-0.2, -0.15) is 0 Å². The van der Waals surface area contributed by atoms with E-state index in [1.165, 1.54) is 16.0 Å². The summed E-state index contributed by atoms with van der Waals surface area (Å²) in [6.45, 7) is 6.40. The number of fused-ring (bicyclic) bond motifs is 1. The second kappa shape index (κ2) is 5.78. The standard InChI is InChI=1S/C16H18ClN3S/c1-10-5-4-6-13-15(10)20(14(19-13)7-8-17)12(3)16-18-9-11(2)21-16/h4-6,9,12H,7-8H2,1-3H3. The molecule has 2 heterocycles. The summed E-state index contributed by atoms with van der Waals surface area (Å²) in [6, 6.07) is 6.42. The van der Waals surface area contributed by atoms with Gasteiger partial charge in [-0.3, -0.25) is 0 Å². The van der Waals surface area contributed by atoms with E-state index in [0.717, 1.165) is 22.8 Å². The second-order valence-corrected chi connectivity index (χ2v) is 6.91. The highest BCUT2D eigenvalue weighted by Gasteiger charge is 2.20. The predicted molar refractivity (Wildman–Crippen MR) is 89.6 cm³/mol. The van der Waals surface area contributed by atoms with Gasteiger partial charge in [-0.1, -0.05) is 12.1 Å². The maximum Gasteiger partial charge on any atom is 0.115 e. The largest absolute Gasteiger partial charge is 0.318 e. The van der Waals surface area contributed by atoms with Gasteiger partial charge in [0.1, 0.15) is 10.8 Å². The van der Waals surface area contributed by atoms with Gasteiger partial charge < -0.3 is 4.57 Å². The molecule has 0 bridgehead atoms. The zero-order chi connectivity index (χ0) is 15.0. The number of aryl methyl sites for hydroxylation is 3. The number of rotatable bonds is 4. The van der Waals surface area contributed by atoms with Crippen LogP contribution in [0.2, 0.25) is 0 Å². The molecule has 3 aromatic rings. The van der Waals surface area contributed by atoms with Crippen molar-refractivity contribution in [3.63, 3.8) is 0 Å². The second-order valence-electron chi connectivity index (χ2n) is 5.26. The van der Waals surface area contributed by atoms with Crippen molar-refractivity contribution in [2.24, 2.45) is 0 Å². The normalized spacial score (nSPS) is 13.0. The number of hydrogen-bond acceptors (Lipinski definition) is 3. The van der Waals surface area contributed by atoms with Crippen LogP contribution in [0.4, 0.5) is 0 Å². The number of alkyl halides is 1. The highest BCUT2D eigenvalue weighted by Crippen LogP contribution is 2.30. The van der Waals surface area contributed by atoms with Gasteiger partial charge in [-0.15, -0.1) is 22.9 Å². The van der Waals surface area contributed by atoms with Crippen molar-refractivity contribution in [2.75, 3.05) is 5.88 Å². The summed E-state index contributed by atoms with van der Waals surface area (Å²) in [5.74, 6) is 1.61. The monoisotopic (exact) mass is 319 g/mol. The summed E-state index contributed by atoms with van der Waals surface area (Å²) in [7, 11) is 0. The van der Waals surface area contributed by atoms with E-state index in [-0.39, 0.29) is 6.04 Å². The van der Waals surface area contributed by atoms with Crippen LogP contribution in [0.5, 0.6) is 0 Å². The van der Waals surface area contributed by atoms with E-state index < -0.39 is 0 Å². The van der Waals surface area contributed by atoms with Crippen LogP contribution in [0.1, 0.15) is 34.2 Å². The molecule has 110 valence electrons. The van der Waals surface area contributed by atoms with Gasteiger partial charge in [-0.25, -0.2) is 9.97 Å². The van der Waals surface area contributed by atoms with Crippen LogP contribution in [0, 0.1) is 13.8 Å². The molecule has 21 heavy (non-hydrogen) atoms. The fourth-order valence-electron chi connectivity index (χ4n) is 2.72. The molecule has 0 amide bonds. The molecule has 1 aromatic carbocycles. The van der Waals surface area contributed by atoms with Gasteiger partial charge in [0.25, 0.3) is 0 Å². The first-order valence-corrected chi connectivity index (χ1v) is 8.41. The average molecular weight is 320 g/mol. The van der Waals surface area contributed by atoms with Crippen LogP contribution in [-0.2, 0) is 6.42 Å². The third-order valence-corrected chi connectivity index (χ3v) is 4.96. The molecule has 0 radical (unpaired) electrons. The topological polar surface area (TPSA) is 30.7 Å². The molecule has 5 heteroatoms. The Balaban J connectivity index is 2.21. The van der Waals surface area contributed by atoms with E-state index in [2.05, 4.69) is 48.5 Å². The number of imidazole rings is 1. The van der Waals surface area contributed by atoms with E-state index in [1.54, 1.807) is 11.3 Å². The van der Waals surface area contributed by atoms with Crippen molar-refractivity contribution in [1.82, 2.24) is 14.5 Å². The Kier molecular flexibility index (Phi) is 4.00. The smallest absolute Gasteiger partial charge is 0.115 e. The van der Waals surface area contributed by atoms with Crippen molar-refractivity contribution in [2.45, 2.75) is 33.2 Å². The first-order valence-electron chi connectivity index (χ1n) is 7.06. The third-order valence-electron chi connectivity index (χ3n) is 3.69. The minimum absolute atomic E-state index is 0.174. The minimum atomic E-state index is 0.174. The van der Waals surface area contributed by atoms with Crippen LogP contribution in [0.3, 0.4) is 0 Å². The Morgan fingerprint density at radius 3 is 2.81 bits per heavy atom. The van der Waals surface area contributed by atoms with Gasteiger partial charge >= 0.3 is 0 Å². The quantitative estimate of drug-likeness (QED) is 0.663. The molecule has 2 aromatic heterocycles. The molecule has 0 saturated carbocycles. The molecule has 0 aliphatic heterocycles. The Morgan fingerprint density at radius 2 is 2.14 bits per heavy atom. The molecule has 0 saturated heterocycles. The van der Waals surface area contributed by atoms with E-state index in [4.69, 9.17) is 16.6 Å². The average Bonchev–Trinajstić information content (AvgIpc) is 3.03. The van der Waals surface area contributed by atoms with Crippen LogP contribution >= 0.6 is 22.9 Å². The highest BCUT2D eigenvalue weighted by molar-refractivity contribution is 7.11. The van der Waals surface area contributed by atoms with Crippen LogP contribution in [-0.4, -0.2) is 20.4 Å². The van der Waals surface area contributed by atoms with Crippen molar-refractivity contribution >= 4 is 34.0 Å². The molecular formula is C16H18ClN3S. The van der Waals surface area contributed by atoms with Crippen LogP contribution < -0.4 is 0 Å². The number of hydrogen-bond donors (Lipinski definition) is 0. The SMILES string of the molecule is Cc1cnc(C(C)n2c(CCCl)nc3cccc(C)c32)s1. The maximum absolute atomic E-state index is 5.96. The van der Waals surface area contributed by atoms with Gasteiger partial charge in [0.05, 0.1) is 17.1 Å². The van der Waals surface area contributed by atoms with E-state index in [0.29, 0.717) is 5.88 Å². The van der Waals surface area contributed by atoms with Gasteiger partial charge in [0, 0.05) is 23.4 Å². The lowest BCUT2D eigenvalue weighted by Gasteiger charge is -2.16. The number of para-hydroxylation sites is 1. The number of nitrogens with zero attached hydrogens (tertiary/aromatic N) is 3. The van der Waals surface area contributed by atoms with Gasteiger partial charge in [0.2, 0.25) is 0 Å². The summed E-state index contributed by atoms with van der Waals surface area (Å²) in [5, 5.41) is 1.12. The molecule has 3 nitrogen and oxygen atoms in total. The summed E-state index contributed by atoms with van der Waals surface area (Å²) in [5.41, 5.74) is 3.47. The van der Waals surface area contributed by atoms with E-state index >= 15 is 0 Å². The van der Waals surface area contributed by atoms with Crippen LogP contribution in [0.25, 0.3) is 11.0 Å². The molecule has 0 N–H and O–H groups in total. The number of halogens is 1. The zero-order valence-electron chi connectivity index (χ0n) is 12.4. The predicted octanol–water partition coefficient (Wildman–Crippen LogP) is 4.50. The lowest BCUT2D eigenvalue weighted by Crippen LogP contribution is -2.11. The fraction of sp³-hybridized carbons (Fsp3) is 0.375. The Morgan fingerprint density at radius 1 is 1.33 bits per heavy atom. The summed E-state index contributed by atoms with van der Waals surface area (Å²) in [4.78, 5) is 10.6. The Labute approximate surface area is 133 Å². The first kappa shape index (κ1) is 14.5. The Bertz CT molecular complexity index is 775. The van der Waals surface area contributed by atoms with Crippen molar-refractivity contribution in [3.05, 3.63) is 45.7 Å². The molecule has 1 atom stereocenters. The lowest BCUT2D eigenvalue weighted by atomic mass is 10.2. The van der Waals surface area contributed by atoms with E-state index in [1.807, 2.05) is 6.20 Å². The molecule has 1 unspecified atom stereocenters. The molecule has 0 aliphatic carbocycles. The zero-order valence-corrected chi connectivity index (χ0v) is 14.0. The molecule has 3 rings (SSSR count). The summed E-state index contributed by atoms with van der Waals surface area (Å²) >= 11 is 7.71. The number of thiazole rings is 1. The summed E-state index contributed by atoms with van der Waals surface area (Å²) in [6.07, 6.45) is 2.70. The summed E-state index contributed by atoms with van der Waals surface area (Å²) < 4.78 is 2.30. The number of benzene rings is 1. The third kappa shape index (κ3) is 2.58. The number of aromatic nitrogens is 3. The van der Waals surface area contributed by atoms with Gasteiger partial charge in [0.15, 0.2) is 0 Å². The molecule has 0 spiro atoms. The minimum Gasteiger partial charge on any atom is -0.318 e. The molecule has 0 fully saturated rings. The van der Waals surface area contributed by atoms with Crippen LogP contribution in [0.15, 0.2) is 24.4 Å². The maximum atomic E-state index is 5.96. The van der Waals surface area contributed by atoms with Crippen molar-refractivity contribution in [3.8, 4) is 0 Å². The van der Waals surface area contributed by atoms with Crippen molar-refractivity contribution < 1.29 is 0 Å².